The van der Waals surface area contributed by atoms with Crippen LogP contribution in [-0.2, 0) is 4.79 Å². The van der Waals surface area contributed by atoms with Crippen molar-refractivity contribution in [3.05, 3.63) is 24.3 Å². The average molecular weight is 278 g/mol. The lowest BCUT2D eigenvalue weighted by Gasteiger charge is -2.20. The van der Waals surface area contributed by atoms with Crippen molar-refractivity contribution in [3.8, 4) is 5.75 Å². The van der Waals surface area contributed by atoms with E-state index in [2.05, 4.69) is 6.92 Å². The van der Waals surface area contributed by atoms with Crippen LogP contribution >= 0.6 is 0 Å². The second kappa shape index (κ2) is 9.23. The summed E-state index contributed by atoms with van der Waals surface area (Å²) >= 11 is 0. The van der Waals surface area contributed by atoms with Crippen LogP contribution in [0.25, 0.3) is 0 Å². The molecule has 4 heteroatoms. The van der Waals surface area contributed by atoms with Crippen LogP contribution in [-0.4, -0.2) is 30.5 Å². The van der Waals surface area contributed by atoms with Crippen LogP contribution in [0.15, 0.2) is 24.3 Å². The summed E-state index contributed by atoms with van der Waals surface area (Å²) in [4.78, 5) is 13.9. The lowest BCUT2D eigenvalue weighted by Crippen LogP contribution is -2.31. The first-order valence-corrected chi connectivity index (χ1v) is 7.44. The molecule has 0 atom stereocenters. The normalized spacial score (nSPS) is 10.3. The van der Waals surface area contributed by atoms with E-state index in [0.29, 0.717) is 24.5 Å². The fraction of sp³-hybridized carbons (Fsp3) is 0.562. The Bertz CT molecular complexity index is 407. The molecule has 0 heterocycles. The van der Waals surface area contributed by atoms with Crippen molar-refractivity contribution in [1.82, 2.24) is 4.90 Å². The Hall–Kier alpha value is -1.71. The predicted molar refractivity (Wildman–Crippen MR) is 82.7 cm³/mol. The number of anilines is 1. The molecule has 1 rings (SSSR count). The van der Waals surface area contributed by atoms with Gasteiger partial charge in [0, 0.05) is 19.5 Å². The fourth-order valence-corrected chi connectivity index (χ4v) is 1.98. The third-order valence-corrected chi connectivity index (χ3v) is 3.23. The van der Waals surface area contributed by atoms with Gasteiger partial charge in [0.25, 0.3) is 0 Å². The number of nitrogen functional groups attached to an aromatic ring is 1. The third kappa shape index (κ3) is 5.51. The molecule has 0 unspecified atom stereocenters. The van der Waals surface area contributed by atoms with Gasteiger partial charge in [-0.2, -0.15) is 0 Å². The van der Waals surface area contributed by atoms with Crippen molar-refractivity contribution < 1.29 is 9.53 Å². The van der Waals surface area contributed by atoms with Crippen molar-refractivity contribution in [2.75, 3.05) is 25.4 Å². The molecule has 0 radical (unpaired) electrons. The molecular formula is C16H26N2O2. The van der Waals surface area contributed by atoms with E-state index in [1.165, 1.54) is 0 Å². The topological polar surface area (TPSA) is 55.6 Å². The van der Waals surface area contributed by atoms with Crippen LogP contribution in [0.2, 0.25) is 0 Å². The lowest BCUT2D eigenvalue weighted by atomic mass is 10.2. The number of benzene rings is 1. The Morgan fingerprint density at radius 3 is 2.65 bits per heavy atom. The van der Waals surface area contributed by atoms with Gasteiger partial charge in [0.15, 0.2) is 0 Å². The summed E-state index contributed by atoms with van der Waals surface area (Å²) < 4.78 is 5.59. The molecule has 0 saturated carbocycles. The average Bonchev–Trinajstić information content (AvgIpc) is 2.46. The second-order valence-electron chi connectivity index (χ2n) is 4.82. The number of hydrogen-bond donors (Lipinski definition) is 1. The molecule has 0 aliphatic rings. The van der Waals surface area contributed by atoms with Crippen LogP contribution in [0.4, 0.5) is 5.69 Å². The molecule has 0 saturated heterocycles. The molecule has 0 spiro atoms. The smallest absolute Gasteiger partial charge is 0.222 e. The highest BCUT2D eigenvalue weighted by molar-refractivity contribution is 5.76. The number of nitrogens with two attached hydrogens (primary N) is 1. The summed E-state index contributed by atoms with van der Waals surface area (Å²) in [6.07, 6.45) is 3.43. The number of amides is 1. The van der Waals surface area contributed by atoms with E-state index in [-0.39, 0.29) is 5.91 Å². The molecule has 0 fully saturated rings. The van der Waals surface area contributed by atoms with Crippen LogP contribution in [0.3, 0.4) is 0 Å². The number of carbonyl (C=O) groups is 1. The first-order valence-electron chi connectivity index (χ1n) is 7.44. The van der Waals surface area contributed by atoms with Crippen LogP contribution in [0.5, 0.6) is 5.75 Å². The van der Waals surface area contributed by atoms with E-state index in [0.717, 1.165) is 32.4 Å². The van der Waals surface area contributed by atoms with Crippen LogP contribution in [0.1, 0.15) is 39.5 Å². The molecule has 0 aromatic heterocycles. The zero-order valence-electron chi connectivity index (χ0n) is 12.6. The zero-order chi connectivity index (χ0) is 14.8. The van der Waals surface area contributed by atoms with E-state index < -0.39 is 0 Å². The number of carbonyl (C=O) groups excluding carboxylic acids is 1. The predicted octanol–water partition coefficient (Wildman–Crippen LogP) is 3.08. The first kappa shape index (κ1) is 16.3. The lowest BCUT2D eigenvalue weighted by molar-refractivity contribution is -0.131. The highest BCUT2D eigenvalue weighted by atomic mass is 16.5. The van der Waals surface area contributed by atoms with Gasteiger partial charge >= 0.3 is 0 Å². The molecule has 2 N–H and O–H groups in total. The number of hydrogen-bond acceptors (Lipinski definition) is 3. The molecule has 0 bridgehead atoms. The van der Waals surface area contributed by atoms with Gasteiger partial charge < -0.3 is 15.4 Å². The largest absolute Gasteiger partial charge is 0.491 e. The maximum absolute atomic E-state index is 12.0. The quantitative estimate of drug-likeness (QED) is 0.558. The zero-order valence-corrected chi connectivity index (χ0v) is 12.6. The number of nitrogens with zero attached hydrogens (tertiary/aromatic N) is 1. The molecule has 1 aromatic carbocycles. The van der Waals surface area contributed by atoms with Gasteiger partial charge in [0.05, 0.1) is 12.3 Å². The van der Waals surface area contributed by atoms with E-state index in [4.69, 9.17) is 10.5 Å². The van der Waals surface area contributed by atoms with E-state index >= 15 is 0 Å². The molecule has 0 aliphatic heterocycles. The summed E-state index contributed by atoms with van der Waals surface area (Å²) in [5.41, 5.74) is 6.42. The Balaban J connectivity index is 2.26. The molecule has 20 heavy (non-hydrogen) atoms. The fourth-order valence-electron chi connectivity index (χ4n) is 1.98. The standard InChI is InChI=1S/C16H26N2O2/c1-3-5-12-18(4-2)16(19)11-8-13-20-15-10-7-6-9-14(15)17/h6-7,9-10H,3-5,8,11-13,17H2,1-2H3. The van der Waals surface area contributed by atoms with Crippen LogP contribution in [0, 0.1) is 0 Å². The Morgan fingerprint density at radius 2 is 2.00 bits per heavy atom. The van der Waals surface area contributed by atoms with Gasteiger partial charge in [-0.1, -0.05) is 25.5 Å². The Labute approximate surface area is 121 Å². The Kier molecular flexibility index (Phi) is 7.55. The van der Waals surface area contributed by atoms with E-state index in [1.807, 2.05) is 36.1 Å². The molecule has 4 nitrogen and oxygen atoms in total. The highest BCUT2D eigenvalue weighted by Crippen LogP contribution is 2.19. The van der Waals surface area contributed by atoms with Gasteiger partial charge in [-0.05, 0) is 31.9 Å². The second-order valence-corrected chi connectivity index (χ2v) is 4.82. The number of para-hydroxylation sites is 2. The Morgan fingerprint density at radius 1 is 1.25 bits per heavy atom. The summed E-state index contributed by atoms with van der Waals surface area (Å²) in [5.74, 6) is 0.906. The maximum atomic E-state index is 12.0. The van der Waals surface area contributed by atoms with Crippen molar-refractivity contribution in [2.45, 2.75) is 39.5 Å². The number of rotatable bonds is 9. The first-order chi connectivity index (χ1) is 9.69. The van der Waals surface area contributed by atoms with Gasteiger partial charge in [0.1, 0.15) is 5.75 Å². The minimum Gasteiger partial charge on any atom is -0.491 e. The third-order valence-electron chi connectivity index (χ3n) is 3.23. The summed E-state index contributed by atoms with van der Waals surface area (Å²) in [6, 6.07) is 7.42. The number of unbranched alkanes of at least 4 members (excludes halogenated alkanes) is 1. The van der Waals surface area contributed by atoms with Crippen molar-refractivity contribution in [1.29, 1.82) is 0 Å². The van der Waals surface area contributed by atoms with Gasteiger partial charge in [0.2, 0.25) is 5.91 Å². The van der Waals surface area contributed by atoms with Crippen LogP contribution < -0.4 is 10.5 Å². The molecule has 0 aliphatic carbocycles. The van der Waals surface area contributed by atoms with Crippen molar-refractivity contribution in [2.24, 2.45) is 0 Å². The monoisotopic (exact) mass is 278 g/mol. The minimum atomic E-state index is 0.214. The molecule has 112 valence electrons. The molecule has 1 aromatic rings. The van der Waals surface area contributed by atoms with Crippen molar-refractivity contribution in [3.63, 3.8) is 0 Å². The summed E-state index contributed by atoms with van der Waals surface area (Å²) in [6.45, 7) is 6.32. The number of ether oxygens (including phenoxy) is 1. The van der Waals surface area contributed by atoms with E-state index in [1.54, 1.807) is 0 Å². The molecular weight excluding hydrogens is 252 g/mol. The molecule has 1 amide bonds. The van der Waals surface area contributed by atoms with Gasteiger partial charge in [-0.25, -0.2) is 0 Å². The minimum absolute atomic E-state index is 0.214. The SMILES string of the molecule is CCCCN(CC)C(=O)CCCOc1ccccc1N. The maximum Gasteiger partial charge on any atom is 0.222 e. The summed E-state index contributed by atoms with van der Waals surface area (Å²) in [7, 11) is 0. The summed E-state index contributed by atoms with van der Waals surface area (Å²) in [5, 5.41) is 0. The van der Waals surface area contributed by atoms with E-state index in [9.17, 15) is 4.79 Å². The highest BCUT2D eigenvalue weighted by Gasteiger charge is 2.10. The van der Waals surface area contributed by atoms with Crippen molar-refractivity contribution >= 4 is 11.6 Å². The van der Waals surface area contributed by atoms with Gasteiger partial charge in [-0.3, -0.25) is 4.79 Å². The van der Waals surface area contributed by atoms with Gasteiger partial charge in [-0.15, -0.1) is 0 Å².